The topological polar surface area (TPSA) is 72.9 Å². The SMILES string of the molecule is CC(C)OC(=O)CN1C(=O)S/C(=C\c2ccccc2OCc2ccc3ccccc3c2)C1=O. The molecule has 33 heavy (non-hydrogen) atoms. The number of amides is 2. The standard InChI is InChI=1S/C26H23NO5S/c1-17(2)32-24(28)15-27-25(29)23(33-26(27)30)14-21-9-5-6-10-22(21)31-16-18-11-12-19-7-3-4-8-20(19)13-18/h3-14,17H,15-16H2,1-2H3/b23-14-. The van der Waals surface area contributed by atoms with Crippen LogP contribution < -0.4 is 4.74 Å². The second kappa shape index (κ2) is 9.92. The number of benzene rings is 3. The summed E-state index contributed by atoms with van der Waals surface area (Å²) in [5, 5.41) is 1.80. The Morgan fingerprint density at radius 3 is 2.52 bits per heavy atom. The van der Waals surface area contributed by atoms with Crippen LogP contribution in [0, 0.1) is 0 Å². The summed E-state index contributed by atoms with van der Waals surface area (Å²) in [5.74, 6) is -0.542. The highest BCUT2D eigenvalue weighted by atomic mass is 32.2. The van der Waals surface area contributed by atoms with Crippen molar-refractivity contribution in [1.82, 2.24) is 4.90 Å². The van der Waals surface area contributed by atoms with Gasteiger partial charge in [0, 0.05) is 5.56 Å². The minimum atomic E-state index is -0.618. The maximum Gasteiger partial charge on any atom is 0.326 e. The van der Waals surface area contributed by atoms with Gasteiger partial charge in [0.05, 0.1) is 11.0 Å². The minimum Gasteiger partial charge on any atom is -0.488 e. The molecule has 1 fully saturated rings. The van der Waals surface area contributed by atoms with E-state index in [1.807, 2.05) is 42.5 Å². The first-order chi connectivity index (χ1) is 15.9. The molecule has 6 nitrogen and oxygen atoms in total. The van der Waals surface area contributed by atoms with E-state index in [0.29, 0.717) is 17.9 Å². The third-order valence-electron chi connectivity index (χ3n) is 4.94. The van der Waals surface area contributed by atoms with Crippen LogP contribution in [0.4, 0.5) is 4.79 Å². The lowest BCUT2D eigenvalue weighted by Crippen LogP contribution is -2.35. The van der Waals surface area contributed by atoms with Crippen molar-refractivity contribution in [2.75, 3.05) is 6.54 Å². The quantitative estimate of drug-likeness (QED) is 0.346. The van der Waals surface area contributed by atoms with Crippen LogP contribution in [0.5, 0.6) is 5.75 Å². The number of para-hydroxylation sites is 1. The van der Waals surface area contributed by atoms with Crippen LogP contribution >= 0.6 is 11.8 Å². The second-order valence-corrected chi connectivity index (χ2v) is 8.81. The molecule has 0 N–H and O–H groups in total. The van der Waals surface area contributed by atoms with Crippen molar-refractivity contribution in [3.8, 4) is 5.75 Å². The van der Waals surface area contributed by atoms with E-state index >= 15 is 0 Å². The molecular formula is C26H23NO5S. The van der Waals surface area contributed by atoms with Gasteiger partial charge in [-0.25, -0.2) is 0 Å². The van der Waals surface area contributed by atoms with Gasteiger partial charge in [0.25, 0.3) is 11.1 Å². The Morgan fingerprint density at radius 2 is 1.73 bits per heavy atom. The molecule has 1 aliphatic heterocycles. The molecule has 0 radical (unpaired) electrons. The highest BCUT2D eigenvalue weighted by molar-refractivity contribution is 8.18. The molecule has 0 aromatic heterocycles. The Kier molecular flexibility index (Phi) is 6.79. The van der Waals surface area contributed by atoms with Gasteiger partial charge in [-0.3, -0.25) is 19.3 Å². The van der Waals surface area contributed by atoms with E-state index in [1.165, 1.54) is 0 Å². The van der Waals surface area contributed by atoms with Crippen molar-refractivity contribution < 1.29 is 23.9 Å². The van der Waals surface area contributed by atoms with E-state index in [-0.39, 0.29) is 11.0 Å². The normalized spacial score (nSPS) is 15.0. The minimum absolute atomic E-state index is 0.235. The summed E-state index contributed by atoms with van der Waals surface area (Å²) < 4.78 is 11.1. The van der Waals surface area contributed by atoms with Gasteiger partial charge in [0.2, 0.25) is 0 Å². The van der Waals surface area contributed by atoms with Gasteiger partial charge < -0.3 is 9.47 Å². The number of thioether (sulfide) groups is 1. The lowest BCUT2D eigenvalue weighted by molar-refractivity contribution is -0.149. The van der Waals surface area contributed by atoms with Crippen LogP contribution in [-0.2, 0) is 20.9 Å². The van der Waals surface area contributed by atoms with Crippen molar-refractivity contribution in [1.29, 1.82) is 0 Å². The van der Waals surface area contributed by atoms with Gasteiger partial charge in [-0.1, -0.05) is 54.6 Å². The summed E-state index contributed by atoms with van der Waals surface area (Å²) in [6.45, 7) is 3.37. The van der Waals surface area contributed by atoms with Crippen LogP contribution in [0.15, 0.2) is 71.6 Å². The zero-order valence-corrected chi connectivity index (χ0v) is 19.1. The van der Waals surface area contributed by atoms with Crippen molar-refractivity contribution >= 4 is 45.7 Å². The first-order valence-corrected chi connectivity index (χ1v) is 11.4. The number of imide groups is 1. The molecule has 0 saturated carbocycles. The maximum absolute atomic E-state index is 12.7. The molecule has 3 aromatic rings. The molecular weight excluding hydrogens is 438 g/mol. The summed E-state index contributed by atoms with van der Waals surface area (Å²) in [5.41, 5.74) is 1.70. The number of carbonyl (C=O) groups excluding carboxylic acids is 3. The Bertz CT molecular complexity index is 1250. The second-order valence-electron chi connectivity index (χ2n) is 7.81. The molecule has 1 heterocycles. The van der Waals surface area contributed by atoms with Gasteiger partial charge in [0.1, 0.15) is 18.9 Å². The maximum atomic E-state index is 12.7. The molecule has 2 amide bonds. The number of hydrogen-bond donors (Lipinski definition) is 0. The monoisotopic (exact) mass is 461 g/mol. The molecule has 0 aliphatic carbocycles. The fraction of sp³-hybridized carbons (Fsp3) is 0.192. The summed E-state index contributed by atoms with van der Waals surface area (Å²) >= 11 is 0.797. The Labute approximate surface area is 196 Å². The lowest BCUT2D eigenvalue weighted by Gasteiger charge is -2.13. The number of carbonyl (C=O) groups is 3. The molecule has 7 heteroatoms. The number of fused-ring (bicyclic) bond motifs is 1. The average Bonchev–Trinajstić information content (AvgIpc) is 3.05. The molecule has 168 valence electrons. The Balaban J connectivity index is 1.49. The van der Waals surface area contributed by atoms with Crippen molar-refractivity contribution in [2.45, 2.75) is 26.6 Å². The van der Waals surface area contributed by atoms with Crippen molar-refractivity contribution in [2.24, 2.45) is 0 Å². The van der Waals surface area contributed by atoms with E-state index in [4.69, 9.17) is 9.47 Å². The van der Waals surface area contributed by atoms with E-state index in [0.717, 1.165) is 33.0 Å². The highest BCUT2D eigenvalue weighted by Crippen LogP contribution is 2.34. The molecule has 0 unspecified atom stereocenters. The third-order valence-corrected chi connectivity index (χ3v) is 5.85. The lowest BCUT2D eigenvalue weighted by atomic mass is 10.1. The van der Waals surface area contributed by atoms with Crippen molar-refractivity contribution in [3.05, 3.63) is 82.8 Å². The summed E-state index contributed by atoms with van der Waals surface area (Å²) in [6, 6.07) is 21.6. The molecule has 1 aliphatic rings. The van der Waals surface area contributed by atoms with Crippen molar-refractivity contribution in [3.63, 3.8) is 0 Å². The van der Waals surface area contributed by atoms with E-state index in [2.05, 4.69) is 24.3 Å². The van der Waals surface area contributed by atoms with Crippen LogP contribution in [0.2, 0.25) is 0 Å². The van der Waals surface area contributed by atoms with Gasteiger partial charge >= 0.3 is 5.97 Å². The Hall–Kier alpha value is -3.58. The van der Waals surface area contributed by atoms with Crippen LogP contribution in [-0.4, -0.2) is 34.7 Å². The van der Waals surface area contributed by atoms with Crippen LogP contribution in [0.25, 0.3) is 16.8 Å². The average molecular weight is 462 g/mol. The van der Waals surface area contributed by atoms with Crippen LogP contribution in [0.3, 0.4) is 0 Å². The van der Waals surface area contributed by atoms with E-state index in [1.54, 1.807) is 19.9 Å². The third kappa shape index (κ3) is 5.43. The van der Waals surface area contributed by atoms with Gasteiger partial charge in [0.15, 0.2) is 0 Å². The molecule has 4 rings (SSSR count). The number of hydrogen-bond acceptors (Lipinski definition) is 6. The van der Waals surface area contributed by atoms with Gasteiger partial charge in [-0.2, -0.15) is 0 Å². The van der Waals surface area contributed by atoms with Gasteiger partial charge in [-0.15, -0.1) is 0 Å². The molecule has 0 spiro atoms. The highest BCUT2D eigenvalue weighted by Gasteiger charge is 2.37. The summed E-state index contributed by atoms with van der Waals surface area (Å²) in [6.07, 6.45) is 1.30. The smallest absolute Gasteiger partial charge is 0.326 e. The Morgan fingerprint density at radius 1 is 1.00 bits per heavy atom. The predicted molar refractivity (Wildman–Crippen MR) is 129 cm³/mol. The summed E-state index contributed by atoms with van der Waals surface area (Å²) in [7, 11) is 0. The van der Waals surface area contributed by atoms with Gasteiger partial charge in [-0.05, 0) is 60.2 Å². The number of nitrogens with zero attached hydrogens (tertiary/aromatic N) is 1. The summed E-state index contributed by atoms with van der Waals surface area (Å²) in [4.78, 5) is 38.1. The molecule has 0 bridgehead atoms. The van der Waals surface area contributed by atoms with Crippen LogP contribution in [0.1, 0.15) is 25.0 Å². The van der Waals surface area contributed by atoms with E-state index < -0.39 is 23.7 Å². The number of ether oxygens (including phenoxy) is 2. The zero-order chi connectivity index (χ0) is 23.4. The molecule has 0 atom stereocenters. The first kappa shape index (κ1) is 22.6. The number of esters is 1. The number of rotatable bonds is 7. The molecule has 3 aromatic carbocycles. The fourth-order valence-corrected chi connectivity index (χ4v) is 4.26. The molecule has 1 saturated heterocycles. The fourth-order valence-electron chi connectivity index (χ4n) is 3.43. The van der Waals surface area contributed by atoms with E-state index in [9.17, 15) is 14.4 Å². The zero-order valence-electron chi connectivity index (χ0n) is 18.3. The largest absolute Gasteiger partial charge is 0.488 e. The first-order valence-electron chi connectivity index (χ1n) is 10.5. The predicted octanol–water partition coefficient (Wildman–Crippen LogP) is 5.41.